The molecule has 5 heterocycles. The Hall–Kier alpha value is -10.5. The van der Waals surface area contributed by atoms with Crippen molar-refractivity contribution in [3.8, 4) is 0 Å². The molecule has 5 aliphatic heterocycles. The summed E-state index contributed by atoms with van der Waals surface area (Å²) in [4.78, 5) is 289. The van der Waals surface area contributed by atoms with Crippen molar-refractivity contribution in [2.45, 2.75) is 240 Å². The zero-order valence-corrected chi connectivity index (χ0v) is 75.3. The zero-order valence-electron chi connectivity index (χ0n) is 72.0. The molecular weight excluding hydrogens is 1710 g/mol. The van der Waals surface area contributed by atoms with Gasteiger partial charge in [-0.3, -0.25) is 95.9 Å². The van der Waals surface area contributed by atoms with Crippen LogP contribution in [0.1, 0.15) is 134 Å². The van der Waals surface area contributed by atoms with Gasteiger partial charge in [0.2, 0.25) is 106 Å². The Labute approximate surface area is 742 Å². The molecule has 45 heteroatoms. The number of rotatable bonds is 18. The van der Waals surface area contributed by atoms with Crippen LogP contribution in [0.25, 0.3) is 0 Å². The predicted molar refractivity (Wildman–Crippen MR) is 466 cm³/mol. The van der Waals surface area contributed by atoms with Gasteiger partial charge in [-0.15, -0.1) is 11.8 Å². The van der Waals surface area contributed by atoms with Crippen LogP contribution in [0.4, 0.5) is 0 Å². The van der Waals surface area contributed by atoms with Crippen molar-refractivity contribution >= 4 is 165 Å². The van der Waals surface area contributed by atoms with Crippen molar-refractivity contribution in [1.82, 2.24) is 101 Å². The minimum Gasteiger partial charge on any atom is -0.481 e. The van der Waals surface area contributed by atoms with Crippen LogP contribution in [0.2, 0.25) is 0 Å². The van der Waals surface area contributed by atoms with Gasteiger partial charge in [-0.2, -0.15) is 35.3 Å². The third kappa shape index (κ3) is 32.4. The van der Waals surface area contributed by atoms with Crippen molar-refractivity contribution in [1.29, 1.82) is 0 Å². The van der Waals surface area contributed by atoms with E-state index in [-0.39, 0.29) is 50.3 Å². The third-order valence-electron chi connectivity index (χ3n) is 21.0. The van der Waals surface area contributed by atoms with E-state index in [1.165, 1.54) is 62.9 Å². The second kappa shape index (κ2) is 50.0. The number of nitrogens with zero attached hydrogens (tertiary/aromatic N) is 1. The number of fused-ring (bicyclic) bond motifs is 10. The SMILES string of the molecule is C=C1NC(=O)C2NC(=O)[C@H](CC(C)C)NC(=O)[C@H](NC(=O)[C@@H]3CS[C@@H](C)[C@@H](NC(=O)[C@H](Cc4ccccc4)NC(=O)[C@@H]4NC(=O)[C@@H](N)CS[C@H]4C)C(=O)N[C@@H](CC(C)C)C(=O)N4CCC[C@H]4C(=O)NCC(=O)NCC(=O)NCC(=O)NCC(=O)N[C@@H](C(C)C)C(=O)N3)[C@H](C)SC[C@H](NC(=O)[C@H](CCC(=O)O)NC1=O)C(=O)N[C@@H]([C@H](C)CC)C(=O)N/C=C\S[C@H]2C. The molecule has 5 aliphatic rings. The Morgan fingerprint density at radius 1 is 0.560 bits per heavy atom. The lowest BCUT2D eigenvalue weighted by molar-refractivity contribution is -0.142. The average Bonchev–Trinajstić information content (AvgIpc) is 1.75. The second-order valence-electron chi connectivity index (χ2n) is 32.4. The van der Waals surface area contributed by atoms with E-state index in [1.807, 2.05) is 0 Å². The lowest BCUT2D eigenvalue weighted by Crippen LogP contribution is -2.63. The van der Waals surface area contributed by atoms with E-state index >= 15 is 38.4 Å². The van der Waals surface area contributed by atoms with Gasteiger partial charge in [-0.05, 0) is 66.7 Å². The first-order chi connectivity index (χ1) is 59.0. The van der Waals surface area contributed by atoms with Crippen molar-refractivity contribution in [3.63, 3.8) is 0 Å². The summed E-state index contributed by atoms with van der Waals surface area (Å²) >= 11 is 3.62. The number of carboxylic acid groups (broad SMARTS) is 1. The molecule has 19 atom stereocenters. The van der Waals surface area contributed by atoms with E-state index < -0.39 is 298 Å². The first-order valence-corrected chi connectivity index (χ1v) is 45.5. The van der Waals surface area contributed by atoms with Crippen LogP contribution in [-0.2, 0) is 102 Å². The second-order valence-corrected chi connectivity index (χ2v) is 37.9. The lowest BCUT2D eigenvalue weighted by atomic mass is 9.98. The molecule has 125 heavy (non-hydrogen) atoms. The highest BCUT2D eigenvalue weighted by atomic mass is 32.2. The zero-order chi connectivity index (χ0) is 92.8. The minimum absolute atomic E-state index is 0.00610. The minimum atomic E-state index is -1.94. The van der Waals surface area contributed by atoms with Crippen LogP contribution in [0.3, 0.4) is 0 Å². The highest BCUT2D eigenvalue weighted by Gasteiger charge is 2.45. The number of amides is 19. The van der Waals surface area contributed by atoms with Gasteiger partial charge in [0.25, 0.3) is 5.91 Å². The number of hydrogen-bond donors (Lipinski definition) is 20. The Bertz CT molecular complexity index is 4170. The van der Waals surface area contributed by atoms with Gasteiger partial charge < -0.3 is 111 Å². The normalized spacial score (nSPS) is 29.0. The molecule has 4 saturated heterocycles. The molecule has 0 spiro atoms. The van der Waals surface area contributed by atoms with Crippen molar-refractivity contribution in [2.24, 2.45) is 29.4 Å². The average molecular weight is 1830 g/mol. The number of hydrogen-bond acceptors (Lipinski definition) is 25. The number of nitrogens with one attached hydrogen (secondary N) is 18. The Morgan fingerprint density at radius 2 is 1.14 bits per heavy atom. The van der Waals surface area contributed by atoms with E-state index in [4.69, 9.17) is 5.73 Å². The first kappa shape index (κ1) is 103. The Kier molecular flexibility index (Phi) is 41.3. The molecule has 0 radical (unpaired) electrons. The summed E-state index contributed by atoms with van der Waals surface area (Å²) in [5.74, 6) is -23.0. The van der Waals surface area contributed by atoms with Gasteiger partial charge in [-0.1, -0.05) is 126 Å². The van der Waals surface area contributed by atoms with Crippen LogP contribution < -0.4 is 101 Å². The van der Waals surface area contributed by atoms with Gasteiger partial charge in [0.1, 0.15) is 78.5 Å². The van der Waals surface area contributed by atoms with Gasteiger partial charge >= 0.3 is 5.97 Å². The fraction of sp³-hybridized carbons (Fsp3) is 0.625. The number of nitrogens with two attached hydrogens (primary N) is 1. The fourth-order valence-electron chi connectivity index (χ4n) is 13.6. The number of aliphatic carboxylic acids is 1. The predicted octanol–water partition coefficient (Wildman–Crippen LogP) is -4.75. The van der Waals surface area contributed by atoms with E-state index in [2.05, 4.69) is 102 Å². The largest absolute Gasteiger partial charge is 0.481 e. The van der Waals surface area contributed by atoms with E-state index in [1.54, 1.807) is 78.8 Å². The van der Waals surface area contributed by atoms with Gasteiger partial charge in [0, 0.05) is 63.8 Å². The summed E-state index contributed by atoms with van der Waals surface area (Å²) in [6.45, 7) is 20.1. The maximum atomic E-state index is 16.0. The lowest BCUT2D eigenvalue weighted by Gasteiger charge is -2.33. The van der Waals surface area contributed by atoms with Crippen molar-refractivity contribution < 1.29 is 101 Å². The maximum absolute atomic E-state index is 16.0. The molecule has 0 aromatic heterocycles. The van der Waals surface area contributed by atoms with Crippen molar-refractivity contribution in [2.75, 3.05) is 50.0 Å². The highest BCUT2D eigenvalue weighted by molar-refractivity contribution is 8.02. The molecule has 690 valence electrons. The highest BCUT2D eigenvalue weighted by Crippen LogP contribution is 2.27. The van der Waals surface area contributed by atoms with Crippen molar-refractivity contribution in [3.05, 3.63) is 59.8 Å². The van der Waals surface area contributed by atoms with Crippen LogP contribution in [0.5, 0.6) is 0 Å². The van der Waals surface area contributed by atoms with Gasteiger partial charge in [0.05, 0.1) is 37.9 Å². The fourth-order valence-corrected chi connectivity index (χ4v) is 17.6. The maximum Gasteiger partial charge on any atom is 0.303 e. The van der Waals surface area contributed by atoms with Gasteiger partial charge in [-0.25, -0.2) is 0 Å². The molecule has 41 nitrogen and oxygen atoms in total. The Morgan fingerprint density at radius 3 is 1.74 bits per heavy atom. The summed E-state index contributed by atoms with van der Waals surface area (Å²) < 4.78 is 0. The molecule has 21 N–H and O–H groups in total. The summed E-state index contributed by atoms with van der Waals surface area (Å²) in [7, 11) is 0. The third-order valence-corrected chi connectivity index (χ3v) is 26.0. The standard InChI is InChI=1S/C80H120N20O21S4/c1-14-40(8)61-74(115)82-24-26-122-42(10)62-76(117)87-41(9)66(107)88-48(22-23-59(105)106)68(109)92-52(71(112)95-61)35-124-44(12)64(78(119)89-49(27-37(2)3)69(110)97-62)99-72(113)53-36-125-45(13)65(98-70(111)50(29-46-19-16-15-17-20-46)90-77(118)63-43(11)123-34-47(81)67(108)96-63)79(120)91-51(28-38(4)5)80(121)100-25-18-21-54(100)73(114)86-32-57(103)84-30-55(101)83-31-56(102)85-33-58(104)94-60(39(6)7)75(116)93-53/h15-17,19-20,24,26,37-40,42-45,47-54,60-65H,9,14,18,21-23,25,27-36,81H2,1-8,10-13H3,(H,82,115)(H,83,101)(H,84,103)(H,85,102)(H,86,114)(H,87,117)(H,88,107)(H,89,119)(H,90,118)(H,91,120)(H,92,109)(H,93,116)(H,94,104)(H,95,112)(H,96,108)(H,97,110)(H,98,111)(H,99,113)(H,105,106)/b26-24-/t40-,42+,43+,44+,45+,47+,48+,49+,50+,51+,52+,53+,54+,60+,61+,62?,63-,64-,65-/m1/s1. The molecule has 1 aromatic rings. The molecule has 4 fully saturated rings. The van der Waals surface area contributed by atoms with Crippen LogP contribution >= 0.6 is 47.0 Å². The number of carboxylic acids is 1. The first-order valence-electron chi connectivity index (χ1n) is 41.5. The summed E-state index contributed by atoms with van der Waals surface area (Å²) in [5.41, 5.74) is 5.93. The van der Waals surface area contributed by atoms with E-state index in [0.29, 0.717) is 12.0 Å². The topological polar surface area (TPSA) is 607 Å². The van der Waals surface area contributed by atoms with Crippen LogP contribution in [0.15, 0.2) is 54.2 Å². The number of thioether (sulfide) groups is 4. The van der Waals surface area contributed by atoms with Gasteiger partial charge in [0.15, 0.2) is 0 Å². The number of carbonyl (C=O) groups excluding carboxylic acids is 19. The molecule has 1 aromatic carbocycles. The molecule has 2 bridgehead atoms. The number of benzene rings is 1. The molecule has 1 unspecified atom stereocenters. The van der Waals surface area contributed by atoms with Crippen LogP contribution in [0, 0.1) is 23.7 Å². The molecule has 0 aliphatic carbocycles. The summed E-state index contributed by atoms with van der Waals surface area (Å²) in [5, 5.41) is 53.2. The summed E-state index contributed by atoms with van der Waals surface area (Å²) in [6.07, 6.45) is 0.0583. The Balaban J connectivity index is 1.56. The number of carbonyl (C=O) groups is 20. The molecule has 0 saturated carbocycles. The molecule has 19 amide bonds. The smallest absolute Gasteiger partial charge is 0.303 e. The van der Waals surface area contributed by atoms with Crippen LogP contribution in [-0.4, -0.2) is 284 Å². The molecule has 6 rings (SSSR count). The monoisotopic (exact) mass is 1820 g/mol. The summed E-state index contributed by atoms with van der Waals surface area (Å²) in [6, 6.07) is -13.5. The van der Waals surface area contributed by atoms with E-state index in [0.717, 1.165) is 35.3 Å². The van der Waals surface area contributed by atoms with E-state index in [9.17, 15) is 62.6 Å². The quantitative estimate of drug-likeness (QED) is 0.0485. The molecular formula is C80H120N20O21S4.